The van der Waals surface area contributed by atoms with Gasteiger partial charge in [-0.05, 0) is 40.9 Å². The van der Waals surface area contributed by atoms with Crippen molar-refractivity contribution in [1.82, 2.24) is 9.80 Å². The average Bonchev–Trinajstić information content (AvgIpc) is 2.03. The van der Waals surface area contributed by atoms with Gasteiger partial charge in [-0.25, -0.2) is 4.39 Å². The summed E-state index contributed by atoms with van der Waals surface area (Å²) in [6.45, 7) is 5.83. The Hall–Kier alpha value is -0.150. The molecule has 0 aromatic carbocycles. The van der Waals surface area contributed by atoms with E-state index >= 15 is 0 Å². The Bertz CT molecular complexity index is 161. The fourth-order valence-corrected chi connectivity index (χ4v) is 1.89. The second-order valence-corrected chi connectivity index (χ2v) is 4.39. The maximum atomic E-state index is 13.6. The molecule has 1 aliphatic heterocycles. The topological polar surface area (TPSA) is 6.48 Å². The molecule has 1 heterocycles. The Balaban J connectivity index is 2.50. The summed E-state index contributed by atoms with van der Waals surface area (Å²) in [5.41, 5.74) is 0. The number of likely N-dealkylation sites (tertiary alicyclic amines) is 1. The van der Waals surface area contributed by atoms with Crippen molar-refractivity contribution >= 4 is 0 Å². The molecule has 2 nitrogen and oxygen atoms in total. The van der Waals surface area contributed by atoms with Crippen molar-refractivity contribution in [1.29, 1.82) is 0 Å². The molecule has 0 bridgehead atoms. The molecule has 1 saturated heterocycles. The highest BCUT2D eigenvalue weighted by Crippen LogP contribution is 2.19. The number of rotatable bonds is 2. The first kappa shape index (κ1) is 10.9. The summed E-state index contributed by atoms with van der Waals surface area (Å²) in [6.07, 6.45) is 0.262. The number of nitrogens with zero attached hydrogens (tertiary/aromatic N) is 2. The van der Waals surface area contributed by atoms with E-state index in [0.717, 1.165) is 13.0 Å². The number of hydrogen-bond donors (Lipinski definition) is 0. The summed E-state index contributed by atoms with van der Waals surface area (Å²) in [6, 6.07) is 0.558. The fraction of sp³-hybridized carbons (Fsp3) is 1.00. The molecule has 13 heavy (non-hydrogen) atoms. The molecule has 0 amide bonds. The van der Waals surface area contributed by atoms with Gasteiger partial charge in [0.15, 0.2) is 0 Å². The third kappa shape index (κ3) is 2.64. The van der Waals surface area contributed by atoms with E-state index in [-0.39, 0.29) is 6.04 Å². The minimum absolute atomic E-state index is 0.121. The Labute approximate surface area is 80.7 Å². The van der Waals surface area contributed by atoms with Gasteiger partial charge in [0.05, 0.1) is 0 Å². The van der Waals surface area contributed by atoms with Crippen molar-refractivity contribution in [2.24, 2.45) is 0 Å². The van der Waals surface area contributed by atoms with E-state index in [0.29, 0.717) is 12.6 Å². The molecule has 0 aromatic rings. The maximum absolute atomic E-state index is 13.6. The second-order valence-electron chi connectivity index (χ2n) is 4.39. The van der Waals surface area contributed by atoms with Crippen LogP contribution in [0.3, 0.4) is 0 Å². The van der Waals surface area contributed by atoms with E-state index in [2.05, 4.69) is 23.6 Å². The van der Waals surface area contributed by atoms with E-state index < -0.39 is 6.17 Å². The standard InChI is InChI=1S/C10H21FN2/c1-8(2)13(4)10-5-6-12(3)7-9(10)11/h8-10H,5-7H2,1-4H3. The molecule has 0 saturated carbocycles. The van der Waals surface area contributed by atoms with Gasteiger partial charge in [0.1, 0.15) is 6.17 Å². The molecule has 0 aliphatic carbocycles. The first-order valence-electron chi connectivity index (χ1n) is 5.07. The normalized spacial score (nSPS) is 31.6. The molecule has 2 atom stereocenters. The van der Waals surface area contributed by atoms with E-state index in [1.165, 1.54) is 0 Å². The predicted octanol–water partition coefficient (Wildman–Crippen LogP) is 1.37. The molecular formula is C10H21FN2. The van der Waals surface area contributed by atoms with Gasteiger partial charge in [-0.1, -0.05) is 0 Å². The van der Waals surface area contributed by atoms with Crippen LogP contribution in [-0.2, 0) is 0 Å². The van der Waals surface area contributed by atoms with Crippen molar-refractivity contribution in [3.63, 3.8) is 0 Å². The minimum atomic E-state index is -0.689. The lowest BCUT2D eigenvalue weighted by molar-refractivity contribution is 0.0429. The molecule has 2 unspecified atom stereocenters. The summed E-state index contributed by atoms with van der Waals surface area (Å²) in [5, 5.41) is 0. The minimum Gasteiger partial charge on any atom is -0.303 e. The predicted molar refractivity (Wildman–Crippen MR) is 53.7 cm³/mol. The first-order chi connectivity index (χ1) is 6.02. The lowest BCUT2D eigenvalue weighted by Gasteiger charge is -2.39. The molecule has 0 spiro atoms. The Morgan fingerprint density at radius 3 is 2.54 bits per heavy atom. The van der Waals surface area contributed by atoms with E-state index in [4.69, 9.17) is 0 Å². The fourth-order valence-electron chi connectivity index (χ4n) is 1.89. The van der Waals surface area contributed by atoms with Gasteiger partial charge >= 0.3 is 0 Å². The lowest BCUT2D eigenvalue weighted by atomic mass is 10.0. The van der Waals surface area contributed by atoms with Crippen LogP contribution in [-0.4, -0.2) is 55.2 Å². The van der Waals surface area contributed by atoms with Gasteiger partial charge in [-0.3, -0.25) is 4.90 Å². The van der Waals surface area contributed by atoms with Crippen molar-refractivity contribution < 1.29 is 4.39 Å². The number of halogens is 1. The van der Waals surface area contributed by atoms with Crippen molar-refractivity contribution in [2.75, 3.05) is 27.2 Å². The van der Waals surface area contributed by atoms with Gasteiger partial charge in [-0.2, -0.15) is 0 Å². The number of hydrogen-bond acceptors (Lipinski definition) is 2. The lowest BCUT2D eigenvalue weighted by Crippen LogP contribution is -2.52. The van der Waals surface area contributed by atoms with Gasteiger partial charge < -0.3 is 4.90 Å². The zero-order valence-corrected chi connectivity index (χ0v) is 9.13. The third-order valence-corrected chi connectivity index (χ3v) is 3.05. The molecule has 0 radical (unpaired) electrons. The molecule has 0 N–H and O–H groups in total. The molecule has 0 aromatic heterocycles. The summed E-state index contributed by atoms with van der Waals surface area (Å²) in [5.74, 6) is 0. The smallest absolute Gasteiger partial charge is 0.128 e. The van der Waals surface area contributed by atoms with E-state index in [1.54, 1.807) is 0 Å². The summed E-state index contributed by atoms with van der Waals surface area (Å²) >= 11 is 0. The van der Waals surface area contributed by atoms with Crippen LogP contribution in [0.1, 0.15) is 20.3 Å². The van der Waals surface area contributed by atoms with Crippen LogP contribution in [0.4, 0.5) is 4.39 Å². The average molecular weight is 188 g/mol. The van der Waals surface area contributed by atoms with Gasteiger partial charge in [-0.15, -0.1) is 0 Å². The Kier molecular flexibility index (Phi) is 3.68. The largest absolute Gasteiger partial charge is 0.303 e. The second kappa shape index (κ2) is 4.38. The summed E-state index contributed by atoms with van der Waals surface area (Å²) < 4.78 is 13.6. The molecule has 78 valence electrons. The SMILES string of the molecule is CC(C)N(C)C1CCN(C)CC1F. The van der Waals surface area contributed by atoms with Gasteiger partial charge in [0.25, 0.3) is 0 Å². The zero-order valence-electron chi connectivity index (χ0n) is 9.13. The number of piperidine rings is 1. The highest BCUT2D eigenvalue weighted by Gasteiger charge is 2.31. The van der Waals surface area contributed by atoms with Crippen molar-refractivity contribution in [3.05, 3.63) is 0 Å². The van der Waals surface area contributed by atoms with Crippen molar-refractivity contribution in [3.8, 4) is 0 Å². The van der Waals surface area contributed by atoms with Crippen LogP contribution in [0.15, 0.2) is 0 Å². The quantitative estimate of drug-likeness (QED) is 0.646. The summed E-state index contributed by atoms with van der Waals surface area (Å²) in [7, 11) is 4.01. The highest BCUT2D eigenvalue weighted by atomic mass is 19.1. The summed E-state index contributed by atoms with van der Waals surface area (Å²) in [4.78, 5) is 4.22. The molecule has 1 aliphatic rings. The highest BCUT2D eigenvalue weighted by molar-refractivity contribution is 4.86. The molecule has 1 fully saturated rings. The van der Waals surface area contributed by atoms with Crippen LogP contribution in [0.25, 0.3) is 0 Å². The molecule has 1 rings (SSSR count). The van der Waals surface area contributed by atoms with Gasteiger partial charge in [0, 0.05) is 18.6 Å². The van der Waals surface area contributed by atoms with E-state index in [1.807, 2.05) is 14.1 Å². The Morgan fingerprint density at radius 1 is 1.46 bits per heavy atom. The zero-order chi connectivity index (χ0) is 10.0. The van der Waals surface area contributed by atoms with Crippen molar-refractivity contribution in [2.45, 2.75) is 38.5 Å². The van der Waals surface area contributed by atoms with Crippen LogP contribution in [0.5, 0.6) is 0 Å². The molecule has 3 heteroatoms. The van der Waals surface area contributed by atoms with Crippen LogP contribution < -0.4 is 0 Å². The monoisotopic (exact) mass is 188 g/mol. The Morgan fingerprint density at radius 2 is 2.08 bits per heavy atom. The van der Waals surface area contributed by atoms with Gasteiger partial charge in [0.2, 0.25) is 0 Å². The van der Waals surface area contributed by atoms with Crippen LogP contribution in [0.2, 0.25) is 0 Å². The van der Waals surface area contributed by atoms with E-state index in [9.17, 15) is 4.39 Å². The van der Waals surface area contributed by atoms with Crippen LogP contribution in [0, 0.1) is 0 Å². The van der Waals surface area contributed by atoms with Crippen LogP contribution >= 0.6 is 0 Å². The first-order valence-corrected chi connectivity index (χ1v) is 5.07. The molecular weight excluding hydrogens is 167 g/mol. The third-order valence-electron chi connectivity index (χ3n) is 3.05. The maximum Gasteiger partial charge on any atom is 0.128 e. The number of alkyl halides is 1.